The number of nitrogens with two attached hydrogens (primary N) is 2. The predicted molar refractivity (Wildman–Crippen MR) is 185 cm³/mol. The molecule has 12 nitrogen and oxygen atoms in total. The molecular formula is C36H50N8O4. The molecule has 0 aliphatic carbocycles. The minimum Gasteiger partial charge on any atom is -0.349 e. The van der Waals surface area contributed by atoms with Gasteiger partial charge in [-0.15, -0.1) is 0 Å². The predicted octanol–water partition coefficient (Wildman–Crippen LogP) is 1.84. The van der Waals surface area contributed by atoms with Gasteiger partial charge in [-0.2, -0.15) is 0 Å². The SMILES string of the molecule is Cc1cnc(CNC(=O)[C@@H](CCCCN)NC(=O)[C@@H](CC(C)C)NC(=O)[C@@H](Cc2ccccc2)NC(=O)[C@H](N)Cc2ccccc2)cn1. The van der Waals surface area contributed by atoms with Crippen molar-refractivity contribution in [1.29, 1.82) is 0 Å². The first-order valence-electron chi connectivity index (χ1n) is 16.6. The molecule has 3 rings (SSSR count). The molecule has 3 aromatic rings. The molecule has 2 aromatic carbocycles. The maximum absolute atomic E-state index is 13.8. The first-order chi connectivity index (χ1) is 23.0. The Morgan fingerprint density at radius 3 is 1.88 bits per heavy atom. The Bertz CT molecular complexity index is 1440. The van der Waals surface area contributed by atoms with Crippen LogP contribution in [0.15, 0.2) is 73.1 Å². The molecule has 0 unspecified atom stereocenters. The second-order valence-corrected chi connectivity index (χ2v) is 12.5. The molecule has 4 atom stereocenters. The molecule has 0 spiro atoms. The van der Waals surface area contributed by atoms with Gasteiger partial charge in [0.25, 0.3) is 0 Å². The average molecular weight is 659 g/mol. The third-order valence-electron chi connectivity index (χ3n) is 7.75. The Hall–Kier alpha value is -4.68. The zero-order valence-corrected chi connectivity index (χ0v) is 28.2. The van der Waals surface area contributed by atoms with Crippen LogP contribution >= 0.6 is 0 Å². The number of hydrogen-bond acceptors (Lipinski definition) is 8. The van der Waals surface area contributed by atoms with Gasteiger partial charge in [0.2, 0.25) is 23.6 Å². The summed E-state index contributed by atoms with van der Waals surface area (Å²) < 4.78 is 0. The van der Waals surface area contributed by atoms with Crippen LogP contribution in [0.1, 0.15) is 62.0 Å². The normalized spacial score (nSPS) is 13.5. The second-order valence-electron chi connectivity index (χ2n) is 12.5. The molecule has 0 saturated heterocycles. The Morgan fingerprint density at radius 2 is 1.29 bits per heavy atom. The van der Waals surface area contributed by atoms with E-state index in [1.165, 1.54) is 0 Å². The van der Waals surface area contributed by atoms with Crippen molar-refractivity contribution in [3.63, 3.8) is 0 Å². The molecule has 8 N–H and O–H groups in total. The van der Waals surface area contributed by atoms with E-state index >= 15 is 0 Å². The highest BCUT2D eigenvalue weighted by Crippen LogP contribution is 2.11. The van der Waals surface area contributed by atoms with Crippen molar-refractivity contribution in [2.24, 2.45) is 17.4 Å². The lowest BCUT2D eigenvalue weighted by atomic mass is 9.99. The first-order valence-corrected chi connectivity index (χ1v) is 16.6. The van der Waals surface area contributed by atoms with Crippen LogP contribution in [0.3, 0.4) is 0 Å². The standard InChI is InChI=1S/C36H50N8O4/c1-24(2)18-31(35(47)42-30(16-10-11-17-37)34(46)41-23-28-22-39-25(3)21-40-28)44-36(48)32(20-27-14-8-5-9-15-27)43-33(45)29(38)19-26-12-6-4-7-13-26/h4-9,12-15,21-22,24,29-32H,10-11,16-20,23,37-38H2,1-3H3,(H,41,46)(H,42,47)(H,43,45)(H,44,48)/t29-,30-,31-,32-/m1/s1. The molecule has 0 saturated carbocycles. The van der Waals surface area contributed by atoms with Gasteiger partial charge >= 0.3 is 0 Å². The minimum atomic E-state index is -0.997. The van der Waals surface area contributed by atoms with Crippen molar-refractivity contribution < 1.29 is 19.2 Å². The van der Waals surface area contributed by atoms with Crippen molar-refractivity contribution >= 4 is 23.6 Å². The van der Waals surface area contributed by atoms with Gasteiger partial charge in [0.1, 0.15) is 18.1 Å². The Kier molecular flexibility index (Phi) is 15.6. The summed E-state index contributed by atoms with van der Waals surface area (Å²) in [7, 11) is 0. The van der Waals surface area contributed by atoms with E-state index in [0.717, 1.165) is 16.8 Å². The number of carbonyl (C=O) groups is 4. The van der Waals surface area contributed by atoms with Crippen LogP contribution in [0.4, 0.5) is 0 Å². The van der Waals surface area contributed by atoms with Crippen molar-refractivity contribution in [3.8, 4) is 0 Å². The van der Waals surface area contributed by atoms with Gasteiger partial charge in [-0.1, -0.05) is 74.5 Å². The lowest BCUT2D eigenvalue weighted by Crippen LogP contribution is -2.58. The van der Waals surface area contributed by atoms with Crippen molar-refractivity contribution in [2.45, 2.75) is 90.0 Å². The lowest BCUT2D eigenvalue weighted by Gasteiger charge is -2.27. The zero-order valence-electron chi connectivity index (χ0n) is 28.2. The van der Waals surface area contributed by atoms with Gasteiger partial charge in [0.15, 0.2) is 0 Å². The van der Waals surface area contributed by atoms with Gasteiger partial charge in [-0.3, -0.25) is 29.1 Å². The quantitative estimate of drug-likeness (QED) is 0.105. The first kappa shape index (κ1) is 37.8. The minimum absolute atomic E-state index is 0.0344. The third kappa shape index (κ3) is 13.2. The summed E-state index contributed by atoms with van der Waals surface area (Å²) in [5.41, 5.74) is 15.0. The van der Waals surface area contributed by atoms with E-state index in [9.17, 15) is 19.2 Å². The van der Waals surface area contributed by atoms with Crippen LogP contribution in [0.2, 0.25) is 0 Å². The number of carbonyl (C=O) groups excluding carboxylic acids is 4. The number of nitrogens with zero attached hydrogens (tertiary/aromatic N) is 2. The van der Waals surface area contributed by atoms with Crippen molar-refractivity contribution in [2.75, 3.05) is 6.54 Å². The molecule has 1 aromatic heterocycles. The molecule has 12 heteroatoms. The fourth-order valence-electron chi connectivity index (χ4n) is 5.12. The highest BCUT2D eigenvalue weighted by atomic mass is 16.2. The second kappa shape index (κ2) is 19.9. The van der Waals surface area contributed by atoms with Gasteiger partial charge in [-0.25, -0.2) is 0 Å². The summed E-state index contributed by atoms with van der Waals surface area (Å²) in [6, 6.07) is 15.0. The topological polar surface area (TPSA) is 194 Å². The van der Waals surface area contributed by atoms with Gasteiger partial charge in [0.05, 0.1) is 30.2 Å². The molecule has 1 heterocycles. The maximum atomic E-state index is 13.8. The fraction of sp³-hybridized carbons (Fsp3) is 0.444. The molecule has 0 radical (unpaired) electrons. The van der Waals surface area contributed by atoms with Crippen LogP contribution in [0, 0.1) is 12.8 Å². The van der Waals surface area contributed by atoms with Crippen LogP contribution in [0.5, 0.6) is 0 Å². The molecule has 48 heavy (non-hydrogen) atoms. The molecule has 0 aliphatic rings. The number of aryl methyl sites for hydroxylation is 1. The summed E-state index contributed by atoms with van der Waals surface area (Å²) in [6.45, 7) is 6.30. The number of hydrogen-bond donors (Lipinski definition) is 6. The van der Waals surface area contributed by atoms with Crippen LogP contribution < -0.4 is 32.7 Å². The molecule has 258 valence electrons. The van der Waals surface area contributed by atoms with Crippen molar-refractivity contribution in [3.05, 3.63) is 95.6 Å². The Morgan fingerprint density at radius 1 is 0.708 bits per heavy atom. The molecule has 4 amide bonds. The third-order valence-corrected chi connectivity index (χ3v) is 7.75. The molecule has 0 aliphatic heterocycles. The summed E-state index contributed by atoms with van der Waals surface area (Å²) in [5, 5.41) is 11.4. The van der Waals surface area contributed by atoms with Crippen LogP contribution in [0.25, 0.3) is 0 Å². The average Bonchev–Trinajstić information content (AvgIpc) is 3.07. The highest BCUT2D eigenvalue weighted by molar-refractivity contribution is 5.95. The van der Waals surface area contributed by atoms with E-state index in [0.29, 0.717) is 44.3 Å². The lowest BCUT2D eigenvalue weighted by molar-refractivity contribution is -0.134. The highest BCUT2D eigenvalue weighted by Gasteiger charge is 2.31. The van der Waals surface area contributed by atoms with Gasteiger partial charge in [-0.05, 0) is 62.6 Å². The number of benzene rings is 2. The van der Waals surface area contributed by atoms with Gasteiger partial charge < -0.3 is 32.7 Å². The summed E-state index contributed by atoms with van der Waals surface area (Å²) >= 11 is 0. The summed E-state index contributed by atoms with van der Waals surface area (Å²) in [4.78, 5) is 62.5. The zero-order chi connectivity index (χ0) is 34.9. The van der Waals surface area contributed by atoms with E-state index in [1.807, 2.05) is 81.4 Å². The number of amides is 4. The number of aromatic nitrogens is 2. The summed E-state index contributed by atoms with van der Waals surface area (Å²) in [6.07, 6.45) is 5.68. The number of unbranched alkanes of at least 4 members (excludes halogenated alkanes) is 1. The fourth-order valence-corrected chi connectivity index (χ4v) is 5.12. The number of nitrogens with one attached hydrogen (secondary N) is 4. The maximum Gasteiger partial charge on any atom is 0.243 e. The van der Waals surface area contributed by atoms with Crippen LogP contribution in [-0.2, 0) is 38.6 Å². The summed E-state index contributed by atoms with van der Waals surface area (Å²) in [5.74, 6) is -1.84. The smallest absolute Gasteiger partial charge is 0.243 e. The van der Waals surface area contributed by atoms with E-state index in [2.05, 4.69) is 31.2 Å². The van der Waals surface area contributed by atoms with E-state index in [-0.39, 0.29) is 24.8 Å². The van der Waals surface area contributed by atoms with E-state index in [1.54, 1.807) is 12.4 Å². The van der Waals surface area contributed by atoms with Crippen LogP contribution in [-0.4, -0.2) is 64.3 Å². The number of rotatable bonds is 19. The van der Waals surface area contributed by atoms with Crippen molar-refractivity contribution in [1.82, 2.24) is 31.2 Å². The largest absolute Gasteiger partial charge is 0.349 e. The molecule has 0 fully saturated rings. The Balaban J connectivity index is 1.74. The van der Waals surface area contributed by atoms with E-state index < -0.39 is 41.9 Å². The molecular weight excluding hydrogens is 608 g/mol. The van der Waals surface area contributed by atoms with Gasteiger partial charge in [0, 0.05) is 12.6 Å². The molecule has 0 bridgehead atoms. The Labute approximate surface area is 283 Å². The van der Waals surface area contributed by atoms with E-state index in [4.69, 9.17) is 11.5 Å². The monoisotopic (exact) mass is 658 g/mol.